The Hall–Kier alpha value is 0.200. The van der Waals surface area contributed by atoms with Crippen molar-refractivity contribution in [3.05, 3.63) is 0 Å². The van der Waals surface area contributed by atoms with Gasteiger partial charge in [-0.2, -0.15) is 0 Å². The van der Waals surface area contributed by atoms with Crippen molar-refractivity contribution < 1.29 is 34.3 Å². The van der Waals surface area contributed by atoms with Gasteiger partial charge in [0, 0.05) is 4.83 Å². The summed E-state index contributed by atoms with van der Waals surface area (Å²) in [4.78, 5) is 0.335. The summed E-state index contributed by atoms with van der Waals surface area (Å²) in [6.07, 6.45) is 6.09. The molecule has 0 aromatic heterocycles. The zero-order chi connectivity index (χ0) is 28.4. The number of hydrogen-bond acceptors (Lipinski definition) is 7. The number of alkyl halides is 1. The molecule has 4 aliphatic rings. The Bertz CT molecular complexity index is 843. The average Bonchev–Trinajstić information content (AvgIpc) is 3.23. The number of halogens is 1. The van der Waals surface area contributed by atoms with Crippen LogP contribution in [0.2, 0.25) is 0 Å². The first-order valence-corrected chi connectivity index (χ1v) is 15.7. The molecule has 4 rings (SSSR count). The second-order valence-electron chi connectivity index (χ2n) is 14.7. The van der Waals surface area contributed by atoms with Gasteiger partial charge in [0.1, 0.15) is 0 Å². The van der Waals surface area contributed by atoms with Crippen LogP contribution >= 0.6 is 15.9 Å². The van der Waals surface area contributed by atoms with Crippen molar-refractivity contribution in [3.63, 3.8) is 0 Å². The zero-order valence-corrected chi connectivity index (χ0v) is 26.5. The minimum Gasteiger partial charge on any atom is -0.390 e. The Morgan fingerprint density at radius 2 is 1.45 bits per heavy atom. The highest BCUT2D eigenvalue weighted by Crippen LogP contribution is 2.49. The van der Waals surface area contributed by atoms with Crippen molar-refractivity contribution in [2.75, 3.05) is 0 Å². The van der Waals surface area contributed by atoms with Crippen LogP contribution in [0.25, 0.3) is 0 Å². The molecule has 0 aliphatic carbocycles. The molecule has 4 fully saturated rings. The summed E-state index contributed by atoms with van der Waals surface area (Å²) in [5, 5.41) is 32.9. The number of aliphatic hydroxyl groups excluding tert-OH is 1. The van der Waals surface area contributed by atoms with Crippen molar-refractivity contribution in [3.8, 4) is 0 Å². The van der Waals surface area contributed by atoms with Crippen LogP contribution in [-0.2, 0) is 18.9 Å². The van der Waals surface area contributed by atoms with E-state index in [0.29, 0.717) is 36.9 Å². The minimum absolute atomic E-state index is 0.0236. The number of fused-ring (bicyclic) bond motifs is 1. The third-order valence-electron chi connectivity index (χ3n) is 10.3. The lowest BCUT2D eigenvalue weighted by Gasteiger charge is -2.56. The van der Waals surface area contributed by atoms with E-state index >= 15 is 0 Å². The van der Waals surface area contributed by atoms with Gasteiger partial charge in [-0.05, 0) is 120 Å². The highest BCUT2D eigenvalue weighted by atomic mass is 79.9. The maximum Gasteiger partial charge on any atom is 0.0923 e. The summed E-state index contributed by atoms with van der Waals surface area (Å²) in [5.74, 6) is 0. The minimum atomic E-state index is -1.08. The molecule has 4 heterocycles. The first kappa shape index (κ1) is 31.1. The van der Waals surface area contributed by atoms with Crippen molar-refractivity contribution in [1.29, 1.82) is 0 Å². The molecular formula is C30H53BrO7. The maximum atomic E-state index is 11.5. The van der Waals surface area contributed by atoms with Crippen LogP contribution in [0.15, 0.2) is 0 Å². The van der Waals surface area contributed by atoms with Crippen LogP contribution in [0.4, 0.5) is 0 Å². The molecular weight excluding hydrogens is 552 g/mol. The second kappa shape index (κ2) is 10.5. The Labute approximate surface area is 238 Å². The van der Waals surface area contributed by atoms with Crippen molar-refractivity contribution >= 4 is 15.9 Å². The second-order valence-corrected chi connectivity index (χ2v) is 15.8. The third-order valence-corrected chi connectivity index (χ3v) is 11.8. The maximum absolute atomic E-state index is 11.5. The largest absolute Gasteiger partial charge is 0.390 e. The molecule has 4 saturated heterocycles. The van der Waals surface area contributed by atoms with Crippen LogP contribution in [0, 0.1) is 0 Å². The van der Waals surface area contributed by atoms with Gasteiger partial charge in [0.25, 0.3) is 0 Å². The predicted molar refractivity (Wildman–Crippen MR) is 151 cm³/mol. The van der Waals surface area contributed by atoms with E-state index < -0.39 is 28.5 Å². The van der Waals surface area contributed by atoms with Crippen LogP contribution in [0.1, 0.15) is 120 Å². The van der Waals surface area contributed by atoms with E-state index in [2.05, 4.69) is 43.6 Å². The fourth-order valence-electron chi connectivity index (χ4n) is 7.27. The predicted octanol–water partition coefficient (Wildman–Crippen LogP) is 5.18. The lowest BCUT2D eigenvalue weighted by atomic mass is 9.75. The van der Waals surface area contributed by atoms with Gasteiger partial charge in [0.05, 0.1) is 64.1 Å². The van der Waals surface area contributed by atoms with E-state index in [1.165, 1.54) is 0 Å². The normalized spacial score (nSPS) is 46.3. The molecule has 38 heavy (non-hydrogen) atoms. The standard InChI is InChI=1S/C30H53BrO7/c1-25(2,33)21-13-17-28(6,36-21)20(32)12-15-27(5,34)22-9-10-23-29(7,37-22)18-14-24(35-23)30(8)16-11-19(31)26(3,4)38-30/h19-24,32-34H,9-18H2,1-8H3/t19-,20+,21-,22-,23-,24-,27-,28-,29+,30+/m1/s1. The van der Waals surface area contributed by atoms with Gasteiger partial charge in [-0.1, -0.05) is 15.9 Å². The van der Waals surface area contributed by atoms with Crippen molar-refractivity contribution in [1.82, 2.24) is 0 Å². The number of ether oxygens (including phenoxy) is 4. The van der Waals surface area contributed by atoms with E-state index in [1.807, 2.05) is 13.8 Å². The number of hydrogen-bond donors (Lipinski definition) is 3. The Morgan fingerprint density at radius 1 is 0.816 bits per heavy atom. The molecule has 0 unspecified atom stereocenters. The van der Waals surface area contributed by atoms with Gasteiger partial charge in [0.2, 0.25) is 0 Å². The fraction of sp³-hybridized carbons (Fsp3) is 1.00. The third kappa shape index (κ3) is 6.18. The summed E-state index contributed by atoms with van der Waals surface area (Å²) in [6, 6.07) is 0. The van der Waals surface area contributed by atoms with Gasteiger partial charge in [-0.3, -0.25) is 0 Å². The molecule has 7 nitrogen and oxygen atoms in total. The van der Waals surface area contributed by atoms with Crippen molar-refractivity contribution in [2.24, 2.45) is 0 Å². The van der Waals surface area contributed by atoms with E-state index in [4.69, 9.17) is 18.9 Å². The molecule has 0 bridgehead atoms. The van der Waals surface area contributed by atoms with Crippen LogP contribution in [-0.4, -0.2) is 84.3 Å². The van der Waals surface area contributed by atoms with E-state index in [-0.39, 0.29) is 35.6 Å². The molecule has 3 N–H and O–H groups in total. The Balaban J connectivity index is 1.33. The molecule has 4 aliphatic heterocycles. The Kier molecular flexibility index (Phi) is 8.59. The van der Waals surface area contributed by atoms with Crippen LogP contribution in [0.5, 0.6) is 0 Å². The van der Waals surface area contributed by atoms with Gasteiger partial charge in [0.15, 0.2) is 0 Å². The van der Waals surface area contributed by atoms with Gasteiger partial charge in [-0.25, -0.2) is 0 Å². The molecule has 0 saturated carbocycles. The summed E-state index contributed by atoms with van der Waals surface area (Å²) < 4.78 is 26.1. The zero-order valence-electron chi connectivity index (χ0n) is 24.9. The molecule has 222 valence electrons. The van der Waals surface area contributed by atoms with Gasteiger partial charge < -0.3 is 34.3 Å². The number of rotatable bonds is 7. The monoisotopic (exact) mass is 604 g/mol. The van der Waals surface area contributed by atoms with E-state index in [1.54, 1.807) is 13.8 Å². The lowest BCUT2D eigenvalue weighted by Crippen LogP contribution is -2.63. The molecule has 8 heteroatoms. The van der Waals surface area contributed by atoms with E-state index in [9.17, 15) is 15.3 Å². The van der Waals surface area contributed by atoms with Gasteiger partial charge >= 0.3 is 0 Å². The highest BCUT2D eigenvalue weighted by molar-refractivity contribution is 9.09. The fourth-order valence-corrected chi connectivity index (χ4v) is 7.60. The first-order chi connectivity index (χ1) is 17.3. The number of aliphatic hydroxyl groups is 3. The summed E-state index contributed by atoms with van der Waals surface area (Å²) >= 11 is 3.79. The molecule has 0 aromatic rings. The summed E-state index contributed by atoms with van der Waals surface area (Å²) in [6.45, 7) is 15.8. The SMILES string of the molecule is CC(C)(O)[C@H]1CC[C@](C)([C@@H](O)CC[C@@](C)(O)[C@H]2CC[C@H]3O[C@@H]([C@]4(C)CC[C@@H](Br)C(C)(C)O4)CC[C@]3(C)O2)O1. The summed E-state index contributed by atoms with van der Waals surface area (Å²) in [5.41, 5.74) is -3.78. The van der Waals surface area contributed by atoms with Crippen molar-refractivity contribution in [2.45, 2.75) is 189 Å². The first-order valence-electron chi connectivity index (χ1n) is 14.8. The smallest absolute Gasteiger partial charge is 0.0923 e. The molecule has 0 spiro atoms. The van der Waals surface area contributed by atoms with Crippen LogP contribution in [0.3, 0.4) is 0 Å². The molecule has 0 amide bonds. The quantitative estimate of drug-likeness (QED) is 0.344. The average molecular weight is 606 g/mol. The topological polar surface area (TPSA) is 97.6 Å². The van der Waals surface area contributed by atoms with Gasteiger partial charge in [-0.15, -0.1) is 0 Å². The molecule has 0 aromatic carbocycles. The molecule has 0 radical (unpaired) electrons. The Morgan fingerprint density at radius 3 is 2.05 bits per heavy atom. The van der Waals surface area contributed by atoms with E-state index in [0.717, 1.165) is 32.1 Å². The summed E-state index contributed by atoms with van der Waals surface area (Å²) in [7, 11) is 0. The highest BCUT2D eigenvalue weighted by Gasteiger charge is 2.55. The lowest BCUT2D eigenvalue weighted by molar-refractivity contribution is -0.301. The van der Waals surface area contributed by atoms with Crippen LogP contribution < -0.4 is 0 Å². The molecule has 10 atom stereocenters.